The monoisotopic (exact) mass is 217 g/mol. The number of hydrogen-bond acceptors (Lipinski definition) is 2. The Bertz CT molecular complexity index is 513. The van der Waals surface area contributed by atoms with Crippen molar-refractivity contribution in [3.05, 3.63) is 41.3 Å². The molecule has 76 valence electrons. The molecule has 0 aliphatic carbocycles. The summed E-state index contributed by atoms with van der Waals surface area (Å²) in [5, 5.41) is 3.33. The van der Waals surface area contributed by atoms with Crippen LogP contribution in [-0.4, -0.2) is 5.91 Å². The van der Waals surface area contributed by atoms with E-state index in [4.69, 9.17) is 5.73 Å². The van der Waals surface area contributed by atoms with Crippen molar-refractivity contribution >= 4 is 33.4 Å². The highest BCUT2D eigenvalue weighted by Gasteiger charge is 1.95. The van der Waals surface area contributed by atoms with Crippen LogP contribution in [-0.2, 0) is 4.79 Å². The maximum Gasteiger partial charge on any atom is 0.221 e. The molecule has 0 fully saturated rings. The summed E-state index contributed by atoms with van der Waals surface area (Å²) in [6, 6.07) is 8.32. The Morgan fingerprint density at radius 3 is 3.07 bits per heavy atom. The molecule has 0 radical (unpaired) electrons. The minimum absolute atomic E-state index is 0.294. The molecule has 0 aliphatic heterocycles. The van der Waals surface area contributed by atoms with Crippen LogP contribution in [0.1, 0.15) is 12.0 Å². The van der Waals surface area contributed by atoms with Gasteiger partial charge in [0.05, 0.1) is 0 Å². The summed E-state index contributed by atoms with van der Waals surface area (Å²) in [6.45, 7) is 0. The third-order valence-corrected chi connectivity index (χ3v) is 2.99. The molecule has 1 heterocycles. The lowest BCUT2D eigenvalue weighted by Gasteiger charge is -1.93. The third-order valence-electron chi connectivity index (χ3n) is 2.11. The van der Waals surface area contributed by atoms with Crippen LogP contribution in [0.2, 0.25) is 0 Å². The second-order valence-corrected chi connectivity index (χ2v) is 4.24. The van der Waals surface area contributed by atoms with E-state index in [0.29, 0.717) is 6.42 Å². The molecule has 0 bridgehead atoms. The van der Waals surface area contributed by atoms with Gasteiger partial charge in [-0.15, -0.1) is 11.3 Å². The summed E-state index contributed by atoms with van der Waals surface area (Å²) in [7, 11) is 0. The van der Waals surface area contributed by atoms with Crippen LogP contribution in [0.25, 0.3) is 16.2 Å². The highest BCUT2D eigenvalue weighted by atomic mass is 32.1. The predicted molar refractivity (Wildman–Crippen MR) is 64.7 cm³/mol. The highest BCUT2D eigenvalue weighted by molar-refractivity contribution is 7.17. The van der Waals surface area contributed by atoms with E-state index < -0.39 is 0 Å². The average molecular weight is 217 g/mol. The van der Waals surface area contributed by atoms with Gasteiger partial charge >= 0.3 is 0 Å². The fourth-order valence-corrected chi connectivity index (χ4v) is 2.22. The number of primary amides is 1. The quantitative estimate of drug-likeness (QED) is 0.844. The summed E-state index contributed by atoms with van der Waals surface area (Å²) in [6.07, 6.45) is 4.00. The zero-order valence-electron chi connectivity index (χ0n) is 8.14. The number of thiophene rings is 1. The Balaban J connectivity index is 2.21. The van der Waals surface area contributed by atoms with E-state index in [9.17, 15) is 4.79 Å². The maximum absolute atomic E-state index is 10.5. The summed E-state index contributed by atoms with van der Waals surface area (Å²) < 4.78 is 1.26. The van der Waals surface area contributed by atoms with Crippen LogP contribution in [0.15, 0.2) is 35.7 Å². The van der Waals surface area contributed by atoms with Gasteiger partial charge in [-0.2, -0.15) is 0 Å². The highest BCUT2D eigenvalue weighted by Crippen LogP contribution is 2.22. The van der Waals surface area contributed by atoms with Gasteiger partial charge in [0.1, 0.15) is 0 Å². The van der Waals surface area contributed by atoms with Gasteiger partial charge in [-0.05, 0) is 28.5 Å². The van der Waals surface area contributed by atoms with Crippen LogP contribution in [0.4, 0.5) is 0 Å². The van der Waals surface area contributed by atoms with E-state index in [0.717, 1.165) is 5.56 Å². The molecule has 0 saturated carbocycles. The summed E-state index contributed by atoms with van der Waals surface area (Å²) in [5.74, 6) is -0.302. The molecular weight excluding hydrogens is 206 g/mol. The zero-order valence-corrected chi connectivity index (χ0v) is 8.96. The van der Waals surface area contributed by atoms with Crippen molar-refractivity contribution < 1.29 is 4.79 Å². The van der Waals surface area contributed by atoms with E-state index in [-0.39, 0.29) is 5.91 Å². The Morgan fingerprint density at radius 2 is 2.27 bits per heavy atom. The van der Waals surface area contributed by atoms with E-state index in [1.165, 1.54) is 10.1 Å². The van der Waals surface area contributed by atoms with Crippen LogP contribution in [0.3, 0.4) is 0 Å². The number of amides is 1. The van der Waals surface area contributed by atoms with Crippen molar-refractivity contribution in [1.82, 2.24) is 0 Å². The normalized spacial score (nSPS) is 11.2. The van der Waals surface area contributed by atoms with E-state index in [1.807, 2.05) is 12.1 Å². The molecule has 1 aromatic carbocycles. The fraction of sp³-hybridized carbons (Fsp3) is 0.0833. The van der Waals surface area contributed by atoms with Crippen LogP contribution >= 0.6 is 11.3 Å². The standard InChI is InChI=1S/C12H11NOS/c13-12(14)3-1-2-9-4-5-10-6-7-15-11(10)8-9/h1-2,4-8H,3H2,(H2,13,14). The van der Waals surface area contributed by atoms with Crippen LogP contribution < -0.4 is 5.73 Å². The van der Waals surface area contributed by atoms with Gasteiger partial charge < -0.3 is 5.73 Å². The number of rotatable bonds is 3. The second kappa shape index (κ2) is 4.28. The summed E-state index contributed by atoms with van der Waals surface area (Å²) >= 11 is 1.72. The Labute approximate surface area is 92.0 Å². The lowest BCUT2D eigenvalue weighted by molar-refractivity contribution is -0.117. The Morgan fingerprint density at radius 1 is 1.40 bits per heavy atom. The molecular formula is C12H11NOS. The first-order chi connectivity index (χ1) is 7.25. The Hall–Kier alpha value is -1.61. The smallest absolute Gasteiger partial charge is 0.221 e. The molecule has 0 spiro atoms. The zero-order chi connectivity index (χ0) is 10.7. The molecule has 2 aromatic rings. The van der Waals surface area contributed by atoms with Gasteiger partial charge in [-0.1, -0.05) is 24.3 Å². The lowest BCUT2D eigenvalue weighted by atomic mass is 10.1. The van der Waals surface area contributed by atoms with E-state index in [2.05, 4.69) is 23.6 Å². The van der Waals surface area contributed by atoms with Crippen molar-refractivity contribution in [2.75, 3.05) is 0 Å². The van der Waals surface area contributed by atoms with Crippen molar-refractivity contribution in [1.29, 1.82) is 0 Å². The first kappa shape index (κ1) is 9.93. The molecule has 0 aliphatic rings. The largest absolute Gasteiger partial charge is 0.369 e. The molecule has 1 aromatic heterocycles. The number of fused-ring (bicyclic) bond motifs is 1. The van der Waals surface area contributed by atoms with Crippen LogP contribution in [0, 0.1) is 0 Å². The molecule has 0 atom stereocenters. The van der Waals surface area contributed by atoms with Gasteiger partial charge in [-0.3, -0.25) is 4.79 Å². The average Bonchev–Trinajstić information content (AvgIpc) is 2.64. The molecule has 0 saturated heterocycles. The fourth-order valence-electron chi connectivity index (χ4n) is 1.39. The number of benzene rings is 1. The van der Waals surface area contributed by atoms with Crippen molar-refractivity contribution in [2.24, 2.45) is 5.73 Å². The van der Waals surface area contributed by atoms with Gasteiger partial charge in [0.15, 0.2) is 0 Å². The number of carbonyl (C=O) groups excluding carboxylic acids is 1. The predicted octanol–water partition coefficient (Wildman–Crippen LogP) is 2.79. The van der Waals surface area contributed by atoms with Crippen molar-refractivity contribution in [3.63, 3.8) is 0 Å². The SMILES string of the molecule is NC(=O)CC=Cc1ccc2ccsc2c1. The van der Waals surface area contributed by atoms with Gasteiger partial charge in [0.2, 0.25) is 5.91 Å². The van der Waals surface area contributed by atoms with Gasteiger partial charge in [0.25, 0.3) is 0 Å². The van der Waals surface area contributed by atoms with Crippen molar-refractivity contribution in [3.8, 4) is 0 Å². The maximum atomic E-state index is 10.5. The van der Waals surface area contributed by atoms with Crippen LogP contribution in [0.5, 0.6) is 0 Å². The topological polar surface area (TPSA) is 43.1 Å². The molecule has 2 N–H and O–H groups in total. The minimum atomic E-state index is -0.302. The summed E-state index contributed by atoms with van der Waals surface area (Å²) in [4.78, 5) is 10.5. The molecule has 3 heteroatoms. The summed E-state index contributed by atoms with van der Waals surface area (Å²) in [5.41, 5.74) is 6.15. The molecule has 2 nitrogen and oxygen atoms in total. The minimum Gasteiger partial charge on any atom is -0.369 e. The van der Waals surface area contributed by atoms with Crippen molar-refractivity contribution in [2.45, 2.75) is 6.42 Å². The first-order valence-corrected chi connectivity index (χ1v) is 5.56. The number of hydrogen-bond donors (Lipinski definition) is 1. The molecule has 0 unspecified atom stereocenters. The molecule has 2 rings (SSSR count). The lowest BCUT2D eigenvalue weighted by Crippen LogP contribution is -2.07. The van der Waals surface area contributed by atoms with E-state index >= 15 is 0 Å². The first-order valence-electron chi connectivity index (χ1n) is 4.68. The van der Waals surface area contributed by atoms with E-state index in [1.54, 1.807) is 17.4 Å². The Kier molecular flexibility index (Phi) is 2.83. The number of carbonyl (C=O) groups is 1. The third kappa shape index (κ3) is 2.44. The number of nitrogens with two attached hydrogens (primary N) is 1. The van der Waals surface area contributed by atoms with Gasteiger partial charge in [-0.25, -0.2) is 0 Å². The molecule has 1 amide bonds. The second-order valence-electron chi connectivity index (χ2n) is 3.29. The molecule has 15 heavy (non-hydrogen) atoms. The van der Waals surface area contributed by atoms with Gasteiger partial charge in [0, 0.05) is 11.1 Å².